The Hall–Kier alpha value is -1.68. The van der Waals surface area contributed by atoms with Crippen molar-refractivity contribution in [3.8, 4) is 0 Å². The van der Waals surface area contributed by atoms with Crippen LogP contribution in [0.4, 0.5) is 0 Å². The molecular formula is C10H11N3O. The fourth-order valence-corrected chi connectivity index (χ4v) is 1.39. The highest BCUT2D eigenvalue weighted by molar-refractivity contribution is 5.96. The van der Waals surface area contributed by atoms with Gasteiger partial charge in [0, 0.05) is 6.20 Å². The van der Waals surface area contributed by atoms with Crippen LogP contribution >= 0.6 is 0 Å². The highest BCUT2D eigenvalue weighted by Crippen LogP contribution is 2.08. The second kappa shape index (κ2) is 3.23. The van der Waals surface area contributed by atoms with E-state index >= 15 is 0 Å². The van der Waals surface area contributed by atoms with Crippen LogP contribution in [0.1, 0.15) is 16.1 Å². The van der Waals surface area contributed by atoms with Crippen LogP contribution < -0.4 is 5.73 Å². The maximum atomic E-state index is 11.4. The highest BCUT2D eigenvalue weighted by Gasteiger charge is 2.09. The van der Waals surface area contributed by atoms with Crippen LogP contribution in [0.2, 0.25) is 0 Å². The minimum atomic E-state index is -0.0960. The number of carbonyl (C=O) groups excluding carboxylic acids is 1. The molecule has 0 saturated carbocycles. The van der Waals surface area contributed by atoms with Gasteiger partial charge in [-0.25, -0.2) is 4.98 Å². The van der Waals surface area contributed by atoms with Crippen LogP contribution in [0.15, 0.2) is 24.5 Å². The predicted octanol–water partition coefficient (Wildman–Crippen LogP) is 0.784. The molecule has 2 rings (SSSR count). The predicted molar refractivity (Wildman–Crippen MR) is 53.3 cm³/mol. The van der Waals surface area contributed by atoms with Crippen molar-refractivity contribution in [2.75, 3.05) is 6.54 Å². The summed E-state index contributed by atoms with van der Waals surface area (Å²) < 4.78 is 1.75. The van der Waals surface area contributed by atoms with Gasteiger partial charge in [0.05, 0.1) is 12.7 Å². The maximum Gasteiger partial charge on any atom is 0.194 e. The van der Waals surface area contributed by atoms with E-state index in [0.29, 0.717) is 5.69 Å². The zero-order valence-corrected chi connectivity index (χ0v) is 7.90. The lowest BCUT2D eigenvalue weighted by Gasteiger charge is -1.99. The first-order valence-corrected chi connectivity index (χ1v) is 4.39. The van der Waals surface area contributed by atoms with Gasteiger partial charge in [0.2, 0.25) is 0 Å². The number of Topliss-reactive ketones (excluding diaryl/α,β-unsaturated/α-hetero) is 1. The molecule has 0 radical (unpaired) electrons. The fraction of sp³-hybridized carbons (Fsp3) is 0.200. The van der Waals surface area contributed by atoms with Gasteiger partial charge >= 0.3 is 0 Å². The van der Waals surface area contributed by atoms with E-state index in [9.17, 15) is 4.79 Å². The molecule has 0 aliphatic rings. The number of fused-ring (bicyclic) bond motifs is 1. The molecule has 0 saturated heterocycles. The van der Waals surface area contributed by atoms with Crippen LogP contribution in [-0.4, -0.2) is 21.7 Å². The highest BCUT2D eigenvalue weighted by atomic mass is 16.1. The van der Waals surface area contributed by atoms with E-state index in [1.54, 1.807) is 10.6 Å². The summed E-state index contributed by atoms with van der Waals surface area (Å²) in [5.74, 6) is -0.0960. The smallest absolute Gasteiger partial charge is 0.194 e. The molecule has 0 spiro atoms. The van der Waals surface area contributed by atoms with E-state index in [-0.39, 0.29) is 12.3 Å². The largest absolute Gasteiger partial charge is 0.324 e. The lowest BCUT2D eigenvalue weighted by atomic mass is 10.3. The van der Waals surface area contributed by atoms with Gasteiger partial charge in [-0.05, 0) is 24.6 Å². The molecule has 2 aromatic heterocycles. The third kappa shape index (κ3) is 1.29. The van der Waals surface area contributed by atoms with Crippen LogP contribution in [0.25, 0.3) is 5.65 Å². The summed E-state index contributed by atoms with van der Waals surface area (Å²) in [4.78, 5) is 15.5. The molecule has 0 bridgehead atoms. The average molecular weight is 189 g/mol. The zero-order valence-electron chi connectivity index (χ0n) is 7.90. The summed E-state index contributed by atoms with van der Waals surface area (Å²) in [6.45, 7) is 2.00. The van der Waals surface area contributed by atoms with E-state index < -0.39 is 0 Å². The SMILES string of the molecule is Cc1ccn2c(C(=O)CN)cnc2c1. The number of ketones is 1. The number of imidazole rings is 1. The van der Waals surface area contributed by atoms with Gasteiger partial charge in [0.1, 0.15) is 11.3 Å². The summed E-state index contributed by atoms with van der Waals surface area (Å²) in [7, 11) is 0. The standard InChI is InChI=1S/C10H11N3O/c1-7-2-3-13-8(9(14)5-11)6-12-10(13)4-7/h2-4,6H,5,11H2,1H3. The Balaban J connectivity index is 2.64. The minimum Gasteiger partial charge on any atom is -0.324 e. The van der Waals surface area contributed by atoms with Crippen molar-refractivity contribution in [2.24, 2.45) is 5.73 Å². The van der Waals surface area contributed by atoms with Crippen LogP contribution in [0.3, 0.4) is 0 Å². The topological polar surface area (TPSA) is 60.4 Å². The first-order valence-electron chi connectivity index (χ1n) is 4.39. The van der Waals surface area contributed by atoms with Gasteiger partial charge in [0.25, 0.3) is 0 Å². The van der Waals surface area contributed by atoms with Crippen molar-refractivity contribution in [3.05, 3.63) is 35.8 Å². The van der Waals surface area contributed by atoms with Gasteiger partial charge in [-0.3, -0.25) is 9.20 Å². The lowest BCUT2D eigenvalue weighted by molar-refractivity contribution is 0.0996. The molecule has 14 heavy (non-hydrogen) atoms. The Bertz CT molecular complexity index is 487. The van der Waals surface area contributed by atoms with Crippen molar-refractivity contribution in [2.45, 2.75) is 6.92 Å². The first kappa shape index (κ1) is 8.90. The maximum absolute atomic E-state index is 11.4. The number of aryl methyl sites for hydroxylation is 1. The van der Waals surface area contributed by atoms with E-state index in [0.717, 1.165) is 11.2 Å². The number of aromatic nitrogens is 2. The molecule has 4 nitrogen and oxygen atoms in total. The van der Waals surface area contributed by atoms with Crippen molar-refractivity contribution in [1.82, 2.24) is 9.38 Å². The van der Waals surface area contributed by atoms with E-state index in [4.69, 9.17) is 5.73 Å². The number of hydrogen-bond donors (Lipinski definition) is 1. The number of carbonyl (C=O) groups is 1. The van der Waals surface area contributed by atoms with Gasteiger partial charge in [-0.15, -0.1) is 0 Å². The fourth-order valence-electron chi connectivity index (χ4n) is 1.39. The number of pyridine rings is 1. The zero-order chi connectivity index (χ0) is 10.1. The molecule has 2 aromatic rings. The monoisotopic (exact) mass is 189 g/mol. The molecule has 4 heteroatoms. The molecule has 2 N–H and O–H groups in total. The molecule has 0 amide bonds. The number of rotatable bonds is 2. The van der Waals surface area contributed by atoms with Crippen molar-refractivity contribution in [1.29, 1.82) is 0 Å². The second-order valence-corrected chi connectivity index (χ2v) is 3.20. The summed E-state index contributed by atoms with van der Waals surface area (Å²) in [5.41, 5.74) is 7.74. The van der Waals surface area contributed by atoms with Crippen molar-refractivity contribution in [3.63, 3.8) is 0 Å². The Morgan fingerprint density at radius 3 is 3.14 bits per heavy atom. The molecule has 0 aromatic carbocycles. The van der Waals surface area contributed by atoms with Crippen molar-refractivity contribution >= 4 is 11.4 Å². The van der Waals surface area contributed by atoms with Gasteiger partial charge in [-0.1, -0.05) is 0 Å². The van der Waals surface area contributed by atoms with Crippen LogP contribution in [0.5, 0.6) is 0 Å². The molecule has 0 aliphatic heterocycles. The summed E-state index contributed by atoms with van der Waals surface area (Å²) in [5, 5.41) is 0. The third-order valence-corrected chi connectivity index (χ3v) is 2.14. The first-order chi connectivity index (χ1) is 6.72. The lowest BCUT2D eigenvalue weighted by Crippen LogP contribution is -2.15. The third-order valence-electron chi connectivity index (χ3n) is 2.14. The molecule has 0 atom stereocenters. The average Bonchev–Trinajstić information content (AvgIpc) is 2.59. The number of nitrogens with two attached hydrogens (primary N) is 1. The Labute approximate surface area is 81.4 Å². The quantitative estimate of drug-likeness (QED) is 0.710. The van der Waals surface area contributed by atoms with E-state index in [1.165, 1.54) is 0 Å². The van der Waals surface area contributed by atoms with Gasteiger partial charge in [0.15, 0.2) is 5.78 Å². The Morgan fingerprint density at radius 2 is 2.43 bits per heavy atom. The molecule has 0 aliphatic carbocycles. The number of nitrogens with zero attached hydrogens (tertiary/aromatic N) is 2. The van der Waals surface area contributed by atoms with Gasteiger partial charge < -0.3 is 5.73 Å². The minimum absolute atomic E-state index is 0.0155. The molecule has 2 heterocycles. The number of hydrogen-bond acceptors (Lipinski definition) is 3. The van der Waals surface area contributed by atoms with Crippen LogP contribution in [-0.2, 0) is 0 Å². The summed E-state index contributed by atoms with van der Waals surface area (Å²) >= 11 is 0. The van der Waals surface area contributed by atoms with E-state index in [2.05, 4.69) is 4.98 Å². The van der Waals surface area contributed by atoms with E-state index in [1.807, 2.05) is 25.3 Å². The Morgan fingerprint density at radius 1 is 1.64 bits per heavy atom. The molecule has 72 valence electrons. The molecule has 0 fully saturated rings. The van der Waals surface area contributed by atoms with Gasteiger partial charge in [-0.2, -0.15) is 0 Å². The summed E-state index contributed by atoms with van der Waals surface area (Å²) in [6.07, 6.45) is 3.39. The van der Waals surface area contributed by atoms with Crippen LogP contribution in [0, 0.1) is 6.92 Å². The normalized spacial score (nSPS) is 10.7. The molecular weight excluding hydrogens is 178 g/mol. The summed E-state index contributed by atoms with van der Waals surface area (Å²) in [6, 6.07) is 3.86. The second-order valence-electron chi connectivity index (χ2n) is 3.20. The Kier molecular flexibility index (Phi) is 2.05. The molecule has 0 unspecified atom stereocenters. The van der Waals surface area contributed by atoms with Crippen molar-refractivity contribution < 1.29 is 4.79 Å².